The molecular formula is C15H11NO4. The number of carboxylic acid groups (broad SMARTS) is 1. The second-order valence-corrected chi connectivity index (χ2v) is 4.24. The molecule has 2 aromatic carbocycles. The normalized spacial score (nSPS) is 10.6. The summed E-state index contributed by atoms with van der Waals surface area (Å²) in [4.78, 5) is 11.3. The number of aromatic nitrogens is 1. The third-order valence-electron chi connectivity index (χ3n) is 2.96. The lowest BCUT2D eigenvalue weighted by molar-refractivity contribution is 0.0691. The van der Waals surface area contributed by atoms with Crippen molar-refractivity contribution in [2.45, 2.75) is 6.61 Å². The van der Waals surface area contributed by atoms with Crippen LogP contribution in [0, 0.1) is 0 Å². The Labute approximate surface area is 114 Å². The van der Waals surface area contributed by atoms with Gasteiger partial charge in [0, 0.05) is 11.5 Å². The molecule has 1 aromatic heterocycles. The van der Waals surface area contributed by atoms with E-state index in [0.717, 1.165) is 10.8 Å². The SMILES string of the molecule is O=C(O)c1ccc2ccccc2c1OCc1ccno1. The summed E-state index contributed by atoms with van der Waals surface area (Å²) < 4.78 is 10.6. The van der Waals surface area contributed by atoms with Crippen LogP contribution in [0.1, 0.15) is 16.1 Å². The number of ether oxygens (including phenoxy) is 1. The summed E-state index contributed by atoms with van der Waals surface area (Å²) in [5, 5.41) is 14.5. The largest absolute Gasteiger partial charge is 0.484 e. The molecule has 1 N–H and O–H groups in total. The van der Waals surface area contributed by atoms with E-state index in [2.05, 4.69) is 5.16 Å². The highest BCUT2D eigenvalue weighted by atomic mass is 16.5. The average Bonchev–Trinajstić information content (AvgIpc) is 2.97. The second kappa shape index (κ2) is 5.05. The van der Waals surface area contributed by atoms with Gasteiger partial charge in [0.05, 0.1) is 6.20 Å². The van der Waals surface area contributed by atoms with Crippen LogP contribution in [0.5, 0.6) is 5.75 Å². The van der Waals surface area contributed by atoms with Crippen LogP contribution in [0.15, 0.2) is 53.2 Å². The number of benzene rings is 2. The van der Waals surface area contributed by atoms with Gasteiger partial charge in [0.1, 0.15) is 17.9 Å². The smallest absolute Gasteiger partial charge is 0.339 e. The highest BCUT2D eigenvalue weighted by Crippen LogP contribution is 2.30. The Morgan fingerprint density at radius 2 is 2.05 bits per heavy atom. The van der Waals surface area contributed by atoms with Gasteiger partial charge in [-0.2, -0.15) is 0 Å². The molecule has 1 heterocycles. The van der Waals surface area contributed by atoms with Gasteiger partial charge < -0.3 is 14.4 Å². The summed E-state index contributed by atoms with van der Waals surface area (Å²) in [6, 6.07) is 12.4. The zero-order valence-corrected chi connectivity index (χ0v) is 10.4. The van der Waals surface area contributed by atoms with E-state index in [1.807, 2.05) is 24.3 Å². The maximum absolute atomic E-state index is 11.3. The Kier molecular flexibility index (Phi) is 3.09. The molecule has 3 rings (SSSR count). The van der Waals surface area contributed by atoms with Crippen LogP contribution in [0.3, 0.4) is 0 Å². The molecule has 0 atom stereocenters. The number of carboxylic acids is 1. The molecule has 0 saturated heterocycles. The number of nitrogens with zero attached hydrogens (tertiary/aromatic N) is 1. The first-order valence-electron chi connectivity index (χ1n) is 6.03. The van der Waals surface area contributed by atoms with E-state index in [9.17, 15) is 9.90 Å². The minimum absolute atomic E-state index is 0.128. The van der Waals surface area contributed by atoms with Crippen molar-refractivity contribution in [3.8, 4) is 5.75 Å². The molecular weight excluding hydrogens is 258 g/mol. The molecule has 0 aliphatic rings. The first-order chi connectivity index (χ1) is 9.75. The molecule has 0 fully saturated rings. The fourth-order valence-corrected chi connectivity index (χ4v) is 2.03. The summed E-state index contributed by atoms with van der Waals surface area (Å²) >= 11 is 0. The van der Waals surface area contributed by atoms with Crippen molar-refractivity contribution in [3.63, 3.8) is 0 Å². The van der Waals surface area contributed by atoms with Crippen molar-refractivity contribution < 1.29 is 19.2 Å². The first kappa shape index (κ1) is 12.2. The van der Waals surface area contributed by atoms with Crippen molar-refractivity contribution in [1.29, 1.82) is 0 Å². The van der Waals surface area contributed by atoms with Gasteiger partial charge in [-0.25, -0.2) is 4.79 Å². The van der Waals surface area contributed by atoms with Crippen molar-refractivity contribution in [2.24, 2.45) is 0 Å². The van der Waals surface area contributed by atoms with Gasteiger partial charge in [-0.15, -0.1) is 0 Å². The Morgan fingerprint density at radius 3 is 2.80 bits per heavy atom. The second-order valence-electron chi connectivity index (χ2n) is 4.24. The Morgan fingerprint density at radius 1 is 1.20 bits per heavy atom. The van der Waals surface area contributed by atoms with Crippen LogP contribution in [0.25, 0.3) is 10.8 Å². The number of rotatable bonds is 4. The van der Waals surface area contributed by atoms with E-state index >= 15 is 0 Å². The molecule has 5 nitrogen and oxygen atoms in total. The van der Waals surface area contributed by atoms with Gasteiger partial charge in [0.2, 0.25) is 0 Å². The summed E-state index contributed by atoms with van der Waals surface area (Å²) in [6.45, 7) is 0.133. The monoisotopic (exact) mass is 269 g/mol. The molecule has 0 aliphatic carbocycles. The fraction of sp³-hybridized carbons (Fsp3) is 0.0667. The number of hydrogen-bond acceptors (Lipinski definition) is 4. The van der Waals surface area contributed by atoms with E-state index in [4.69, 9.17) is 9.26 Å². The van der Waals surface area contributed by atoms with Gasteiger partial charge in [-0.05, 0) is 11.5 Å². The molecule has 0 saturated carbocycles. The van der Waals surface area contributed by atoms with Gasteiger partial charge >= 0.3 is 5.97 Å². The summed E-state index contributed by atoms with van der Waals surface area (Å²) in [5.41, 5.74) is 0.128. The molecule has 0 spiro atoms. The lowest BCUT2D eigenvalue weighted by Gasteiger charge is -2.11. The highest BCUT2D eigenvalue weighted by molar-refractivity contribution is 6.00. The zero-order chi connectivity index (χ0) is 13.9. The quantitative estimate of drug-likeness (QED) is 0.787. The van der Waals surface area contributed by atoms with Gasteiger partial charge in [-0.1, -0.05) is 35.5 Å². The van der Waals surface area contributed by atoms with E-state index in [0.29, 0.717) is 11.5 Å². The number of aromatic carboxylic acids is 1. The van der Waals surface area contributed by atoms with E-state index in [1.54, 1.807) is 18.2 Å². The third kappa shape index (κ3) is 2.21. The molecule has 0 unspecified atom stereocenters. The Bertz CT molecular complexity index is 750. The molecule has 0 aliphatic heterocycles. The fourth-order valence-electron chi connectivity index (χ4n) is 2.03. The number of fused-ring (bicyclic) bond motifs is 1. The maximum atomic E-state index is 11.3. The topological polar surface area (TPSA) is 72.6 Å². The van der Waals surface area contributed by atoms with Gasteiger partial charge in [0.15, 0.2) is 5.76 Å². The molecule has 3 aromatic rings. The average molecular weight is 269 g/mol. The number of carbonyl (C=O) groups is 1. The van der Waals surface area contributed by atoms with E-state index in [-0.39, 0.29) is 12.2 Å². The molecule has 0 bridgehead atoms. The first-order valence-corrected chi connectivity index (χ1v) is 6.03. The molecule has 100 valence electrons. The van der Waals surface area contributed by atoms with Crippen LogP contribution in [0.2, 0.25) is 0 Å². The minimum Gasteiger partial charge on any atom is -0.484 e. The number of hydrogen-bond donors (Lipinski definition) is 1. The van der Waals surface area contributed by atoms with Crippen molar-refractivity contribution in [3.05, 3.63) is 60.0 Å². The van der Waals surface area contributed by atoms with E-state index in [1.165, 1.54) is 6.20 Å². The minimum atomic E-state index is -1.02. The summed E-state index contributed by atoms with van der Waals surface area (Å²) in [7, 11) is 0. The van der Waals surface area contributed by atoms with Crippen molar-refractivity contribution in [1.82, 2.24) is 5.16 Å². The van der Waals surface area contributed by atoms with Gasteiger partial charge in [0.25, 0.3) is 0 Å². The predicted molar refractivity (Wildman–Crippen MR) is 71.7 cm³/mol. The summed E-state index contributed by atoms with van der Waals surface area (Å²) in [6.07, 6.45) is 1.51. The maximum Gasteiger partial charge on any atom is 0.339 e. The lowest BCUT2D eigenvalue weighted by Crippen LogP contribution is -2.03. The van der Waals surface area contributed by atoms with Crippen molar-refractivity contribution in [2.75, 3.05) is 0 Å². The molecule has 0 radical (unpaired) electrons. The molecule has 20 heavy (non-hydrogen) atoms. The lowest BCUT2D eigenvalue weighted by atomic mass is 10.1. The Balaban J connectivity index is 2.05. The standard InChI is InChI=1S/C15H11NO4/c17-15(18)13-6-5-10-3-1-2-4-12(10)14(13)19-9-11-7-8-16-20-11/h1-8H,9H2,(H,17,18). The van der Waals surface area contributed by atoms with Crippen LogP contribution in [0.4, 0.5) is 0 Å². The molecule has 5 heteroatoms. The van der Waals surface area contributed by atoms with E-state index < -0.39 is 5.97 Å². The predicted octanol–water partition coefficient (Wildman–Crippen LogP) is 3.11. The van der Waals surface area contributed by atoms with Crippen LogP contribution >= 0.6 is 0 Å². The zero-order valence-electron chi connectivity index (χ0n) is 10.4. The highest BCUT2D eigenvalue weighted by Gasteiger charge is 2.15. The summed E-state index contributed by atoms with van der Waals surface area (Å²) in [5.74, 6) is -0.149. The van der Waals surface area contributed by atoms with Crippen LogP contribution < -0.4 is 4.74 Å². The Hall–Kier alpha value is -2.82. The van der Waals surface area contributed by atoms with Gasteiger partial charge in [-0.3, -0.25) is 0 Å². The van der Waals surface area contributed by atoms with Crippen molar-refractivity contribution >= 4 is 16.7 Å². The van der Waals surface area contributed by atoms with Crippen LogP contribution in [-0.2, 0) is 6.61 Å². The third-order valence-corrected chi connectivity index (χ3v) is 2.96. The molecule has 0 amide bonds. The van der Waals surface area contributed by atoms with Crippen LogP contribution in [-0.4, -0.2) is 16.2 Å².